The first-order valence-corrected chi connectivity index (χ1v) is 4.91. The average Bonchev–Trinajstić information content (AvgIpc) is 2.27. The van der Waals surface area contributed by atoms with Crippen LogP contribution in [0, 0.1) is 0 Å². The van der Waals surface area contributed by atoms with Crippen LogP contribution in [0.15, 0.2) is 36.1 Å². The summed E-state index contributed by atoms with van der Waals surface area (Å²) in [6.45, 7) is 1.83. The highest BCUT2D eigenvalue weighted by Crippen LogP contribution is 2.33. The smallest absolute Gasteiger partial charge is 0.131 e. The lowest BCUT2D eigenvalue weighted by atomic mass is 9.95. The molecule has 2 unspecified atom stereocenters. The van der Waals surface area contributed by atoms with Gasteiger partial charge in [0.05, 0.1) is 12.0 Å². The molecule has 0 spiro atoms. The number of ether oxygens (including phenoxy) is 1. The Hall–Kier alpha value is -1.61. The fourth-order valence-corrected chi connectivity index (χ4v) is 1.63. The Kier molecular flexibility index (Phi) is 2.56. The van der Waals surface area contributed by atoms with Gasteiger partial charge in [0.25, 0.3) is 0 Å². The van der Waals surface area contributed by atoms with Gasteiger partial charge < -0.3 is 15.3 Å². The van der Waals surface area contributed by atoms with Crippen LogP contribution < -0.4 is 10.5 Å². The number of rotatable bonds is 2. The van der Waals surface area contributed by atoms with Crippen molar-refractivity contribution in [3.63, 3.8) is 0 Å². The number of hydrogen-bond donors (Lipinski definition) is 1. The van der Waals surface area contributed by atoms with E-state index >= 15 is 0 Å². The van der Waals surface area contributed by atoms with Gasteiger partial charge in [0.2, 0.25) is 0 Å². The van der Waals surface area contributed by atoms with Crippen molar-refractivity contribution in [2.75, 3.05) is 0 Å². The minimum atomic E-state index is -0.240. The first kappa shape index (κ1) is 9.93. The highest BCUT2D eigenvalue weighted by atomic mass is 16.5. The Morgan fingerprint density at radius 1 is 1.47 bits per heavy atom. The molecule has 0 radical (unpaired) electrons. The van der Waals surface area contributed by atoms with Gasteiger partial charge in [-0.2, -0.15) is 0 Å². The van der Waals surface area contributed by atoms with E-state index in [2.05, 4.69) is 0 Å². The first-order valence-electron chi connectivity index (χ1n) is 4.91. The summed E-state index contributed by atoms with van der Waals surface area (Å²) >= 11 is 0. The van der Waals surface area contributed by atoms with Gasteiger partial charge in [0, 0.05) is 5.56 Å². The maximum Gasteiger partial charge on any atom is 0.131 e. The molecule has 1 aromatic carbocycles. The minimum Gasteiger partial charge on any atom is -0.460 e. The Bertz CT molecular complexity index is 410. The van der Waals surface area contributed by atoms with Gasteiger partial charge in [-0.15, -0.1) is 0 Å². The first-order chi connectivity index (χ1) is 7.22. The molecule has 3 nitrogen and oxygen atoms in total. The van der Waals surface area contributed by atoms with Crippen molar-refractivity contribution in [3.8, 4) is 5.75 Å². The van der Waals surface area contributed by atoms with E-state index in [1.165, 1.54) is 0 Å². The number of nitrogens with two attached hydrogens (primary N) is 1. The molecular formula is C12H13NO2. The molecule has 2 rings (SSSR count). The topological polar surface area (TPSA) is 52.3 Å². The summed E-state index contributed by atoms with van der Waals surface area (Å²) < 4.78 is 5.60. The molecule has 0 aliphatic carbocycles. The molecule has 1 aromatic rings. The predicted octanol–water partition coefficient (Wildman–Crippen LogP) is 1.59. The Morgan fingerprint density at radius 2 is 2.20 bits per heavy atom. The third-order valence-electron chi connectivity index (χ3n) is 2.45. The molecule has 0 aromatic heterocycles. The van der Waals surface area contributed by atoms with Crippen molar-refractivity contribution in [1.82, 2.24) is 0 Å². The molecule has 0 fully saturated rings. The van der Waals surface area contributed by atoms with Crippen molar-refractivity contribution in [1.29, 1.82) is 0 Å². The van der Waals surface area contributed by atoms with Crippen LogP contribution in [0.5, 0.6) is 5.75 Å². The Morgan fingerprint density at radius 3 is 2.87 bits per heavy atom. The quantitative estimate of drug-likeness (QED) is 0.743. The zero-order valence-corrected chi connectivity index (χ0v) is 8.51. The van der Waals surface area contributed by atoms with Gasteiger partial charge >= 0.3 is 0 Å². The number of para-hydroxylation sites is 1. The van der Waals surface area contributed by atoms with Crippen molar-refractivity contribution in [3.05, 3.63) is 41.7 Å². The van der Waals surface area contributed by atoms with E-state index in [1.807, 2.05) is 31.2 Å². The molecule has 1 aliphatic heterocycles. The summed E-state index contributed by atoms with van der Waals surface area (Å²) in [7, 11) is 0. The fraction of sp³-hybridized carbons (Fsp3) is 0.250. The molecule has 2 atom stereocenters. The third kappa shape index (κ3) is 1.78. The molecule has 2 N–H and O–H groups in total. The number of fused-ring (bicyclic) bond motifs is 1. The molecule has 78 valence electrons. The number of aldehydes is 1. The minimum absolute atomic E-state index is 0.194. The number of hydrogen-bond acceptors (Lipinski definition) is 3. The van der Waals surface area contributed by atoms with E-state index in [1.54, 1.807) is 6.08 Å². The van der Waals surface area contributed by atoms with Crippen LogP contribution in [-0.2, 0) is 4.79 Å². The molecule has 3 heteroatoms. The fourth-order valence-electron chi connectivity index (χ4n) is 1.63. The maximum atomic E-state index is 10.9. The number of allylic oxidation sites excluding steroid dienone is 1. The highest BCUT2D eigenvalue weighted by Gasteiger charge is 2.22. The van der Waals surface area contributed by atoms with Crippen LogP contribution >= 0.6 is 0 Å². The van der Waals surface area contributed by atoms with Gasteiger partial charge in [0.15, 0.2) is 0 Å². The number of benzene rings is 1. The average molecular weight is 203 g/mol. The normalized spacial score (nSPS) is 20.9. The van der Waals surface area contributed by atoms with E-state index < -0.39 is 0 Å². The lowest BCUT2D eigenvalue weighted by Gasteiger charge is -2.23. The number of carbonyl (C=O) groups excluding carboxylic acids is 1. The maximum absolute atomic E-state index is 10.9. The SMILES string of the molecule is CC(N)C1=CC(C=O)c2ccccc2O1. The summed E-state index contributed by atoms with van der Waals surface area (Å²) in [5.74, 6) is 1.14. The largest absolute Gasteiger partial charge is 0.460 e. The molecule has 15 heavy (non-hydrogen) atoms. The van der Waals surface area contributed by atoms with Crippen LogP contribution in [0.1, 0.15) is 18.4 Å². The zero-order valence-electron chi connectivity index (χ0n) is 8.51. The van der Waals surface area contributed by atoms with Gasteiger partial charge in [-0.3, -0.25) is 0 Å². The van der Waals surface area contributed by atoms with Crippen molar-refractivity contribution in [2.24, 2.45) is 5.73 Å². The molecule has 0 saturated heterocycles. The van der Waals surface area contributed by atoms with Crippen molar-refractivity contribution < 1.29 is 9.53 Å². The van der Waals surface area contributed by atoms with Crippen LogP contribution in [0.2, 0.25) is 0 Å². The van der Waals surface area contributed by atoms with E-state index in [9.17, 15) is 4.79 Å². The van der Waals surface area contributed by atoms with Gasteiger partial charge in [0.1, 0.15) is 17.8 Å². The lowest BCUT2D eigenvalue weighted by Crippen LogP contribution is -2.25. The second-order valence-electron chi connectivity index (χ2n) is 3.66. The van der Waals surface area contributed by atoms with E-state index in [-0.39, 0.29) is 12.0 Å². The monoisotopic (exact) mass is 203 g/mol. The van der Waals surface area contributed by atoms with Gasteiger partial charge in [-0.05, 0) is 19.1 Å². The molecule has 0 bridgehead atoms. The summed E-state index contributed by atoms with van der Waals surface area (Å²) in [4.78, 5) is 10.9. The zero-order chi connectivity index (χ0) is 10.8. The predicted molar refractivity (Wildman–Crippen MR) is 57.6 cm³/mol. The Balaban J connectivity index is 2.43. The molecule has 0 saturated carbocycles. The van der Waals surface area contributed by atoms with Gasteiger partial charge in [-0.25, -0.2) is 0 Å². The Labute approximate surface area is 88.5 Å². The van der Waals surface area contributed by atoms with E-state index in [0.717, 1.165) is 17.6 Å². The van der Waals surface area contributed by atoms with E-state index in [4.69, 9.17) is 10.5 Å². The van der Waals surface area contributed by atoms with Crippen LogP contribution in [0.25, 0.3) is 0 Å². The molecule has 0 amide bonds. The molecular weight excluding hydrogens is 190 g/mol. The van der Waals surface area contributed by atoms with Crippen LogP contribution in [-0.4, -0.2) is 12.3 Å². The highest BCUT2D eigenvalue weighted by molar-refractivity contribution is 5.69. The summed E-state index contributed by atoms with van der Waals surface area (Å²) in [5, 5.41) is 0. The lowest BCUT2D eigenvalue weighted by molar-refractivity contribution is -0.108. The number of carbonyl (C=O) groups is 1. The summed E-state index contributed by atoms with van der Waals surface area (Å²) in [6, 6.07) is 7.32. The second kappa shape index (κ2) is 3.87. The second-order valence-corrected chi connectivity index (χ2v) is 3.66. The summed E-state index contributed by atoms with van der Waals surface area (Å²) in [6.07, 6.45) is 2.68. The van der Waals surface area contributed by atoms with Crippen molar-refractivity contribution in [2.45, 2.75) is 18.9 Å². The van der Waals surface area contributed by atoms with Crippen LogP contribution in [0.4, 0.5) is 0 Å². The van der Waals surface area contributed by atoms with Gasteiger partial charge in [-0.1, -0.05) is 18.2 Å². The molecule has 1 heterocycles. The van der Waals surface area contributed by atoms with E-state index in [0.29, 0.717) is 5.76 Å². The molecule has 1 aliphatic rings. The van der Waals surface area contributed by atoms with Crippen molar-refractivity contribution >= 4 is 6.29 Å². The third-order valence-corrected chi connectivity index (χ3v) is 2.45. The van der Waals surface area contributed by atoms with Crippen LogP contribution in [0.3, 0.4) is 0 Å². The standard InChI is InChI=1S/C12H13NO2/c1-8(13)12-6-9(7-14)10-4-2-3-5-11(10)15-12/h2-9H,13H2,1H3. The summed E-state index contributed by atoms with van der Waals surface area (Å²) in [5.41, 5.74) is 6.63.